The van der Waals surface area contributed by atoms with Crippen LogP contribution >= 0.6 is 11.3 Å². The summed E-state index contributed by atoms with van der Waals surface area (Å²) in [6.45, 7) is 4.80. The first-order chi connectivity index (χ1) is 14.7. The fourth-order valence-electron chi connectivity index (χ4n) is 3.69. The number of ether oxygens (including phenoxy) is 1. The maximum atomic E-state index is 13.1. The second kappa shape index (κ2) is 9.93. The zero-order chi connectivity index (χ0) is 22.6. The van der Waals surface area contributed by atoms with E-state index in [-0.39, 0.29) is 35.2 Å². The summed E-state index contributed by atoms with van der Waals surface area (Å²) in [7, 11) is -2.30. The van der Waals surface area contributed by atoms with Crippen molar-refractivity contribution in [2.24, 2.45) is 0 Å². The van der Waals surface area contributed by atoms with E-state index >= 15 is 0 Å². The predicted molar refractivity (Wildman–Crippen MR) is 122 cm³/mol. The van der Waals surface area contributed by atoms with Gasteiger partial charge < -0.3 is 10.1 Å². The number of ketones is 1. The number of sulfonamides is 1. The van der Waals surface area contributed by atoms with Crippen molar-refractivity contribution in [1.29, 1.82) is 0 Å². The smallest absolute Gasteiger partial charge is 0.246 e. The first-order valence-corrected chi connectivity index (χ1v) is 12.6. The lowest BCUT2D eigenvalue weighted by Gasteiger charge is -2.26. The van der Waals surface area contributed by atoms with Crippen LogP contribution in [0.2, 0.25) is 0 Å². The lowest BCUT2D eigenvalue weighted by atomic mass is 10.1. The van der Waals surface area contributed by atoms with E-state index < -0.39 is 10.0 Å². The van der Waals surface area contributed by atoms with Gasteiger partial charge >= 0.3 is 0 Å². The number of nitrogens with one attached hydrogen (secondary N) is 1. The van der Waals surface area contributed by atoms with Crippen LogP contribution in [0, 0.1) is 13.8 Å². The molecule has 1 fully saturated rings. The molecule has 0 unspecified atom stereocenters. The Morgan fingerprint density at radius 2 is 1.81 bits per heavy atom. The maximum Gasteiger partial charge on any atom is 0.246 e. The summed E-state index contributed by atoms with van der Waals surface area (Å²) in [6, 6.07) is 6.41. The summed E-state index contributed by atoms with van der Waals surface area (Å²) >= 11 is 1.56. The van der Waals surface area contributed by atoms with E-state index in [4.69, 9.17) is 4.74 Å². The molecule has 1 aliphatic rings. The van der Waals surface area contributed by atoms with Crippen molar-refractivity contribution in [3.05, 3.63) is 39.6 Å². The largest absolute Gasteiger partial charge is 0.495 e. The van der Waals surface area contributed by atoms with Gasteiger partial charge in [0.05, 0.1) is 7.11 Å². The Morgan fingerprint density at radius 1 is 1.10 bits per heavy atom. The lowest BCUT2D eigenvalue weighted by Crippen LogP contribution is -2.35. The van der Waals surface area contributed by atoms with Crippen LogP contribution in [0.3, 0.4) is 0 Å². The topological polar surface area (TPSA) is 92.8 Å². The maximum absolute atomic E-state index is 13.1. The van der Waals surface area contributed by atoms with Gasteiger partial charge in [0.2, 0.25) is 15.9 Å². The molecule has 1 amide bonds. The molecular weight excluding hydrogens is 436 g/mol. The zero-order valence-corrected chi connectivity index (χ0v) is 19.7. The Bertz CT molecular complexity index is 1070. The number of amides is 1. The highest BCUT2D eigenvalue weighted by molar-refractivity contribution is 7.89. The second-order valence-electron chi connectivity index (χ2n) is 7.63. The number of nitrogens with zero attached hydrogens (tertiary/aromatic N) is 1. The Kier molecular flexibility index (Phi) is 7.51. The number of carbonyl (C=O) groups excluding carboxylic acids is 2. The van der Waals surface area contributed by atoms with E-state index in [2.05, 4.69) is 5.32 Å². The molecule has 9 heteroatoms. The molecular formula is C22H28N2O5S2. The minimum atomic E-state index is -3.72. The van der Waals surface area contributed by atoms with Gasteiger partial charge in [-0.25, -0.2) is 8.42 Å². The van der Waals surface area contributed by atoms with Gasteiger partial charge in [-0.1, -0.05) is 6.42 Å². The number of thiophene rings is 1. The summed E-state index contributed by atoms with van der Waals surface area (Å²) in [5.41, 5.74) is 1.02. The van der Waals surface area contributed by atoms with Crippen molar-refractivity contribution in [3.8, 4) is 5.75 Å². The van der Waals surface area contributed by atoms with Gasteiger partial charge in [0, 0.05) is 46.9 Å². The number of rotatable bonds is 8. The minimum absolute atomic E-state index is 0.0212. The predicted octanol–water partition coefficient (Wildman–Crippen LogP) is 4.15. The third-order valence-electron chi connectivity index (χ3n) is 5.30. The Hall–Kier alpha value is -2.23. The van der Waals surface area contributed by atoms with Gasteiger partial charge in [0.15, 0.2) is 5.78 Å². The Labute approximate surface area is 187 Å². The fraction of sp³-hybridized carbons (Fsp3) is 0.455. The monoisotopic (exact) mass is 464 g/mol. The standard InChI is InChI=1S/C22H28N2O5S2/c1-15-13-18(16(2)30-15)19(25)8-10-22(26)23-17-7-9-20(29-3)21(14-17)31(27,28)24-11-5-4-6-12-24/h7,9,13-14H,4-6,8,10-12H2,1-3H3,(H,23,26). The molecule has 1 saturated heterocycles. The van der Waals surface area contributed by atoms with Crippen molar-refractivity contribution >= 4 is 38.7 Å². The average Bonchev–Trinajstić information content (AvgIpc) is 3.10. The summed E-state index contributed by atoms with van der Waals surface area (Å²) in [5.74, 6) is -0.174. The Balaban J connectivity index is 1.70. The molecule has 0 radical (unpaired) electrons. The molecule has 0 atom stereocenters. The number of carbonyl (C=O) groups is 2. The molecule has 0 spiro atoms. The lowest BCUT2D eigenvalue weighted by molar-refractivity contribution is -0.116. The second-order valence-corrected chi connectivity index (χ2v) is 11.0. The van der Waals surface area contributed by atoms with Crippen LogP contribution in [0.25, 0.3) is 0 Å². The molecule has 168 valence electrons. The zero-order valence-electron chi connectivity index (χ0n) is 18.1. The van der Waals surface area contributed by atoms with Gasteiger partial charge in [-0.05, 0) is 51.0 Å². The number of methoxy groups -OCH3 is 1. The molecule has 1 aliphatic heterocycles. The van der Waals surface area contributed by atoms with Crippen LogP contribution < -0.4 is 10.1 Å². The van der Waals surface area contributed by atoms with Crippen molar-refractivity contribution < 1.29 is 22.7 Å². The number of hydrogen-bond donors (Lipinski definition) is 1. The summed E-state index contributed by atoms with van der Waals surface area (Å²) in [5, 5.41) is 2.71. The van der Waals surface area contributed by atoms with Crippen LogP contribution in [0.1, 0.15) is 52.2 Å². The Morgan fingerprint density at radius 3 is 2.42 bits per heavy atom. The number of Topliss-reactive ketones (excluding diaryl/α,β-unsaturated/α-hetero) is 1. The SMILES string of the molecule is COc1ccc(NC(=O)CCC(=O)c2cc(C)sc2C)cc1S(=O)(=O)N1CCCCC1. The minimum Gasteiger partial charge on any atom is -0.495 e. The van der Waals surface area contributed by atoms with E-state index in [1.54, 1.807) is 17.4 Å². The van der Waals surface area contributed by atoms with Crippen LogP contribution in [0.5, 0.6) is 5.75 Å². The number of piperidine rings is 1. The van der Waals surface area contributed by atoms with Crippen molar-refractivity contribution in [3.63, 3.8) is 0 Å². The van der Waals surface area contributed by atoms with Crippen molar-refractivity contribution in [1.82, 2.24) is 4.31 Å². The van der Waals surface area contributed by atoms with Crippen LogP contribution in [0.15, 0.2) is 29.2 Å². The highest BCUT2D eigenvalue weighted by Gasteiger charge is 2.29. The van der Waals surface area contributed by atoms with Crippen LogP contribution in [-0.4, -0.2) is 44.6 Å². The number of aryl methyl sites for hydroxylation is 2. The first-order valence-electron chi connectivity index (χ1n) is 10.3. The van der Waals surface area contributed by atoms with E-state index in [1.807, 2.05) is 19.9 Å². The quantitative estimate of drug-likeness (QED) is 0.593. The molecule has 0 bridgehead atoms. The van der Waals surface area contributed by atoms with Gasteiger partial charge in [-0.3, -0.25) is 9.59 Å². The van der Waals surface area contributed by atoms with Gasteiger partial charge in [0.25, 0.3) is 0 Å². The number of anilines is 1. The van der Waals surface area contributed by atoms with E-state index in [9.17, 15) is 18.0 Å². The third kappa shape index (κ3) is 5.53. The van der Waals surface area contributed by atoms with Crippen LogP contribution in [0.4, 0.5) is 5.69 Å². The van der Waals surface area contributed by atoms with E-state index in [1.165, 1.54) is 23.5 Å². The summed E-state index contributed by atoms with van der Waals surface area (Å²) in [4.78, 5) is 26.9. The van der Waals surface area contributed by atoms with Gasteiger partial charge in [0.1, 0.15) is 10.6 Å². The molecule has 0 saturated carbocycles. The average molecular weight is 465 g/mol. The van der Waals surface area contributed by atoms with E-state index in [0.29, 0.717) is 24.3 Å². The fourth-order valence-corrected chi connectivity index (χ4v) is 6.33. The van der Waals surface area contributed by atoms with Crippen molar-refractivity contribution in [2.45, 2.75) is 50.8 Å². The molecule has 2 aromatic rings. The molecule has 2 heterocycles. The molecule has 1 aromatic heterocycles. The summed E-state index contributed by atoms with van der Waals surface area (Å²) < 4.78 is 32.9. The molecule has 31 heavy (non-hydrogen) atoms. The summed E-state index contributed by atoms with van der Waals surface area (Å²) in [6.07, 6.45) is 2.79. The van der Waals surface area contributed by atoms with Gasteiger partial charge in [-0.2, -0.15) is 4.31 Å². The number of hydrogen-bond acceptors (Lipinski definition) is 6. The first kappa shape index (κ1) is 23.4. The van der Waals surface area contributed by atoms with Crippen molar-refractivity contribution in [2.75, 3.05) is 25.5 Å². The molecule has 7 nitrogen and oxygen atoms in total. The highest BCUT2D eigenvalue weighted by atomic mass is 32.2. The third-order valence-corrected chi connectivity index (χ3v) is 8.19. The van der Waals surface area contributed by atoms with E-state index in [0.717, 1.165) is 29.0 Å². The normalized spacial score (nSPS) is 14.9. The highest BCUT2D eigenvalue weighted by Crippen LogP contribution is 2.31. The molecule has 3 rings (SSSR count). The molecule has 1 N–H and O–H groups in total. The molecule has 1 aromatic carbocycles. The van der Waals surface area contributed by atoms with Crippen LogP contribution in [-0.2, 0) is 14.8 Å². The van der Waals surface area contributed by atoms with Gasteiger partial charge in [-0.15, -0.1) is 11.3 Å². The number of benzene rings is 1. The molecule has 0 aliphatic carbocycles.